The van der Waals surface area contributed by atoms with Crippen molar-refractivity contribution in [3.8, 4) is 17.2 Å². The maximum atomic E-state index is 13.7. The Morgan fingerprint density at radius 2 is 1.78 bits per heavy atom. The van der Waals surface area contributed by atoms with Crippen LogP contribution in [-0.4, -0.2) is 35.0 Å². The third-order valence-corrected chi connectivity index (χ3v) is 6.41. The Bertz CT molecular complexity index is 1570. The molecule has 2 aromatic carbocycles. The number of phenols is 1. The SMILES string of the molecule is COC(=O)CC(c1coc2ccc(OC)cc2c1=O)c1c(O)cc(C)n(CCc2ccc(O)cc2)c1=O. The number of pyridine rings is 1. The van der Waals surface area contributed by atoms with Gasteiger partial charge in [0.25, 0.3) is 5.56 Å². The number of hydrogen-bond donors (Lipinski definition) is 2. The van der Waals surface area contributed by atoms with Gasteiger partial charge in [-0.3, -0.25) is 14.4 Å². The van der Waals surface area contributed by atoms with Gasteiger partial charge < -0.3 is 28.7 Å². The number of carbonyl (C=O) groups is 1. The molecule has 37 heavy (non-hydrogen) atoms. The molecule has 1 unspecified atom stereocenters. The summed E-state index contributed by atoms with van der Waals surface area (Å²) in [6.07, 6.45) is 1.33. The van der Waals surface area contributed by atoms with Gasteiger partial charge in [0.2, 0.25) is 0 Å². The highest BCUT2D eigenvalue weighted by Gasteiger charge is 2.29. The number of carbonyl (C=O) groups excluding carboxylic acids is 1. The summed E-state index contributed by atoms with van der Waals surface area (Å²) in [6.45, 7) is 1.96. The molecule has 0 amide bonds. The number of ether oxygens (including phenoxy) is 2. The van der Waals surface area contributed by atoms with E-state index in [0.29, 0.717) is 23.4 Å². The van der Waals surface area contributed by atoms with Crippen LogP contribution in [0.4, 0.5) is 0 Å². The summed E-state index contributed by atoms with van der Waals surface area (Å²) in [7, 11) is 2.68. The van der Waals surface area contributed by atoms with Crippen LogP contribution in [0.3, 0.4) is 0 Å². The molecule has 0 saturated heterocycles. The monoisotopic (exact) mass is 505 g/mol. The largest absolute Gasteiger partial charge is 0.508 e. The average molecular weight is 506 g/mol. The second-order valence-electron chi connectivity index (χ2n) is 8.67. The van der Waals surface area contributed by atoms with Crippen LogP contribution >= 0.6 is 0 Å². The number of benzene rings is 2. The molecular formula is C28H27NO8. The van der Waals surface area contributed by atoms with E-state index >= 15 is 0 Å². The first-order valence-electron chi connectivity index (χ1n) is 11.6. The standard InChI is InChI=1S/C28H27NO8/c1-16-12-23(31)26(28(34)29(16)11-10-17-4-6-18(30)7-5-17)20(14-25(32)36-3)22-15-37-24-9-8-19(35-2)13-21(24)27(22)33/h4-9,12-13,15,20,30-31H,10-11,14H2,1-3H3. The van der Waals surface area contributed by atoms with E-state index in [0.717, 1.165) is 5.56 Å². The van der Waals surface area contributed by atoms with Crippen molar-refractivity contribution in [1.82, 2.24) is 4.57 Å². The Balaban J connectivity index is 1.85. The highest BCUT2D eigenvalue weighted by atomic mass is 16.5. The number of aromatic nitrogens is 1. The molecule has 0 spiro atoms. The lowest BCUT2D eigenvalue weighted by Gasteiger charge is -2.20. The van der Waals surface area contributed by atoms with Gasteiger partial charge in [-0.15, -0.1) is 0 Å². The Morgan fingerprint density at radius 3 is 2.46 bits per heavy atom. The van der Waals surface area contributed by atoms with E-state index in [1.807, 2.05) is 0 Å². The van der Waals surface area contributed by atoms with Gasteiger partial charge in [-0.2, -0.15) is 0 Å². The van der Waals surface area contributed by atoms with Crippen LogP contribution in [0.5, 0.6) is 17.2 Å². The van der Waals surface area contributed by atoms with Gasteiger partial charge in [0.15, 0.2) is 5.43 Å². The van der Waals surface area contributed by atoms with Crippen molar-refractivity contribution in [1.29, 1.82) is 0 Å². The number of methoxy groups -OCH3 is 2. The zero-order chi connectivity index (χ0) is 26.7. The van der Waals surface area contributed by atoms with Crippen LogP contribution in [0, 0.1) is 6.92 Å². The highest BCUT2D eigenvalue weighted by Crippen LogP contribution is 2.32. The zero-order valence-electron chi connectivity index (χ0n) is 20.7. The van der Waals surface area contributed by atoms with Crippen LogP contribution in [-0.2, 0) is 22.5 Å². The van der Waals surface area contributed by atoms with Crippen molar-refractivity contribution < 1.29 is 28.9 Å². The van der Waals surface area contributed by atoms with Crippen molar-refractivity contribution in [2.24, 2.45) is 0 Å². The number of fused-ring (bicyclic) bond motifs is 1. The summed E-state index contributed by atoms with van der Waals surface area (Å²) < 4.78 is 17.2. The highest BCUT2D eigenvalue weighted by molar-refractivity contribution is 5.79. The van der Waals surface area contributed by atoms with Gasteiger partial charge in [-0.25, -0.2) is 0 Å². The van der Waals surface area contributed by atoms with E-state index in [-0.39, 0.29) is 41.0 Å². The average Bonchev–Trinajstić information content (AvgIpc) is 2.89. The number of hydrogen-bond acceptors (Lipinski definition) is 8. The molecule has 0 fully saturated rings. The Kier molecular flexibility index (Phi) is 7.33. The number of nitrogens with zero attached hydrogens (tertiary/aromatic N) is 1. The van der Waals surface area contributed by atoms with E-state index < -0.39 is 22.9 Å². The topological polar surface area (TPSA) is 128 Å². The molecule has 9 nitrogen and oxygen atoms in total. The van der Waals surface area contributed by atoms with E-state index in [2.05, 4.69) is 0 Å². The first-order valence-corrected chi connectivity index (χ1v) is 11.6. The second kappa shape index (κ2) is 10.6. The normalized spacial score (nSPS) is 11.9. The first-order chi connectivity index (χ1) is 17.7. The molecule has 1 atom stereocenters. The van der Waals surface area contributed by atoms with Crippen LogP contribution in [0.15, 0.2) is 68.8 Å². The van der Waals surface area contributed by atoms with Gasteiger partial charge in [0.05, 0.1) is 37.9 Å². The quantitative estimate of drug-likeness (QED) is 0.348. The van der Waals surface area contributed by atoms with Crippen molar-refractivity contribution >= 4 is 16.9 Å². The number of phenolic OH excluding ortho intramolecular Hbond substituents is 1. The molecule has 0 aliphatic carbocycles. The minimum atomic E-state index is -1.12. The molecule has 0 bridgehead atoms. The molecule has 2 aromatic heterocycles. The first kappa shape index (κ1) is 25.6. The van der Waals surface area contributed by atoms with Crippen molar-refractivity contribution in [2.45, 2.75) is 32.2 Å². The fraction of sp³-hybridized carbons (Fsp3) is 0.250. The number of rotatable bonds is 8. The molecule has 0 aliphatic heterocycles. The fourth-order valence-electron chi connectivity index (χ4n) is 4.39. The van der Waals surface area contributed by atoms with Gasteiger partial charge in [-0.1, -0.05) is 12.1 Å². The maximum Gasteiger partial charge on any atom is 0.306 e. The van der Waals surface area contributed by atoms with Crippen LogP contribution in [0.1, 0.15) is 34.7 Å². The Labute approximate surface area is 212 Å². The van der Waals surface area contributed by atoms with Gasteiger partial charge in [0.1, 0.15) is 22.8 Å². The lowest BCUT2D eigenvalue weighted by molar-refractivity contribution is -0.140. The summed E-state index contributed by atoms with van der Waals surface area (Å²) in [5.74, 6) is -1.53. The number of aryl methyl sites for hydroxylation is 2. The smallest absolute Gasteiger partial charge is 0.306 e. The lowest BCUT2D eigenvalue weighted by Crippen LogP contribution is -2.30. The number of esters is 1. The third kappa shape index (κ3) is 5.20. The molecule has 2 N–H and O–H groups in total. The molecule has 9 heteroatoms. The Morgan fingerprint density at radius 1 is 1.05 bits per heavy atom. The molecule has 4 aromatic rings. The molecule has 0 saturated carbocycles. The van der Waals surface area contributed by atoms with Gasteiger partial charge in [-0.05, 0) is 55.3 Å². The molecule has 0 radical (unpaired) electrons. The summed E-state index contributed by atoms with van der Waals surface area (Å²) in [4.78, 5) is 39.6. The minimum absolute atomic E-state index is 0.0347. The van der Waals surface area contributed by atoms with Gasteiger partial charge in [0, 0.05) is 23.7 Å². The fourth-order valence-corrected chi connectivity index (χ4v) is 4.39. The molecule has 192 valence electrons. The second-order valence-corrected chi connectivity index (χ2v) is 8.67. The number of aromatic hydroxyl groups is 2. The van der Waals surface area contributed by atoms with Crippen molar-refractivity contribution in [3.05, 3.63) is 97.8 Å². The van der Waals surface area contributed by atoms with E-state index in [4.69, 9.17) is 13.9 Å². The molecule has 4 rings (SSSR count). The van der Waals surface area contributed by atoms with Crippen molar-refractivity contribution in [2.75, 3.05) is 14.2 Å². The van der Waals surface area contributed by atoms with E-state index in [1.165, 1.54) is 37.2 Å². The molecule has 2 heterocycles. The third-order valence-electron chi connectivity index (χ3n) is 6.41. The van der Waals surface area contributed by atoms with Crippen molar-refractivity contribution in [3.63, 3.8) is 0 Å². The minimum Gasteiger partial charge on any atom is -0.508 e. The summed E-state index contributed by atoms with van der Waals surface area (Å²) in [5, 5.41) is 20.6. The van der Waals surface area contributed by atoms with Gasteiger partial charge >= 0.3 is 5.97 Å². The predicted molar refractivity (Wildman–Crippen MR) is 136 cm³/mol. The maximum absolute atomic E-state index is 13.7. The molecular weight excluding hydrogens is 478 g/mol. The van der Waals surface area contributed by atoms with E-state index in [9.17, 15) is 24.6 Å². The van der Waals surface area contributed by atoms with Crippen LogP contribution < -0.4 is 15.7 Å². The summed E-state index contributed by atoms with van der Waals surface area (Å²) >= 11 is 0. The summed E-state index contributed by atoms with van der Waals surface area (Å²) in [6, 6.07) is 12.8. The predicted octanol–water partition coefficient (Wildman–Crippen LogP) is 3.62. The Hall–Kier alpha value is -4.53. The summed E-state index contributed by atoms with van der Waals surface area (Å²) in [5.41, 5.74) is 0.667. The molecule has 0 aliphatic rings. The lowest BCUT2D eigenvalue weighted by atomic mass is 9.88. The van der Waals surface area contributed by atoms with Crippen LogP contribution in [0.25, 0.3) is 11.0 Å². The van der Waals surface area contributed by atoms with E-state index in [1.54, 1.807) is 43.3 Å². The zero-order valence-corrected chi connectivity index (χ0v) is 20.7. The van der Waals surface area contributed by atoms with Crippen LogP contribution in [0.2, 0.25) is 0 Å².